The summed E-state index contributed by atoms with van der Waals surface area (Å²) in [5, 5.41) is 10.6. The van der Waals surface area contributed by atoms with Crippen LogP contribution in [0, 0.1) is 23.7 Å². The number of carbonyl (C=O) groups is 4. The van der Waals surface area contributed by atoms with Gasteiger partial charge in [-0.2, -0.15) is 0 Å². The highest BCUT2D eigenvalue weighted by Crippen LogP contribution is 2.45. The maximum Gasteiger partial charge on any atom is 0.472 e. The summed E-state index contributed by atoms with van der Waals surface area (Å²) in [7, 11) is -9.90. The third kappa shape index (κ3) is 66.5. The molecule has 0 rings (SSSR count). The van der Waals surface area contributed by atoms with E-state index in [9.17, 15) is 43.2 Å². The second-order valence-electron chi connectivity index (χ2n) is 27.9. The number of phosphoric acid groups is 2. The molecule has 0 fully saturated rings. The number of hydrogen-bond donors (Lipinski definition) is 3. The van der Waals surface area contributed by atoms with Gasteiger partial charge in [0.15, 0.2) is 12.2 Å². The number of carbonyl (C=O) groups excluding carboxylic acids is 4. The summed E-state index contributed by atoms with van der Waals surface area (Å²) in [5.74, 6) is 0.794. The molecular weight excluding hydrogens is 1200 g/mol. The van der Waals surface area contributed by atoms with E-state index in [0.29, 0.717) is 43.4 Å². The summed E-state index contributed by atoms with van der Waals surface area (Å²) in [4.78, 5) is 72.5. The van der Waals surface area contributed by atoms with Crippen LogP contribution in [0.1, 0.15) is 357 Å². The quantitative estimate of drug-likeness (QED) is 0.0222. The van der Waals surface area contributed by atoms with Crippen molar-refractivity contribution < 1.29 is 80.2 Å². The molecule has 0 aliphatic carbocycles. The molecule has 91 heavy (non-hydrogen) atoms. The molecule has 540 valence electrons. The standard InChI is InChI=1S/C72H140O17P2/c1-62(2)48-40-32-24-19-17-15-13-11-9-10-12-14-16-18-20-28-38-46-54-71(76)88-67(58-82-69(74)52-44-36-29-21-25-33-41-49-63(3)4)60-86-90(78,79)84-56-66(73)57-85-91(80,81)87-61-68(89-72(77)55-47-39-31-23-27-35-43-51-65(7)8)59-83-70(75)53-45-37-30-22-26-34-42-50-64(5)6/h62-68,73H,9-61H2,1-8H3,(H,78,79)(H,80,81)/t66?,67-,68-/m1/s1. The minimum absolute atomic E-state index is 0.102. The average molecular weight is 1340 g/mol. The van der Waals surface area contributed by atoms with E-state index in [1.807, 2.05) is 0 Å². The highest BCUT2D eigenvalue weighted by molar-refractivity contribution is 7.47. The summed E-state index contributed by atoms with van der Waals surface area (Å²) < 4.78 is 68.2. The fourth-order valence-corrected chi connectivity index (χ4v) is 12.4. The number of aliphatic hydroxyl groups is 1. The molecule has 5 atom stereocenters. The lowest BCUT2D eigenvalue weighted by Gasteiger charge is -2.21. The van der Waals surface area contributed by atoms with E-state index in [0.717, 1.165) is 109 Å². The zero-order chi connectivity index (χ0) is 67.5. The molecule has 0 aromatic carbocycles. The predicted molar refractivity (Wildman–Crippen MR) is 367 cm³/mol. The second kappa shape index (κ2) is 61.6. The molecule has 0 aliphatic rings. The number of rotatable bonds is 69. The van der Waals surface area contributed by atoms with Crippen LogP contribution in [0.15, 0.2) is 0 Å². The summed E-state index contributed by atoms with van der Waals surface area (Å²) >= 11 is 0. The highest BCUT2D eigenvalue weighted by atomic mass is 31.2. The van der Waals surface area contributed by atoms with Gasteiger partial charge in [0.1, 0.15) is 19.3 Å². The van der Waals surface area contributed by atoms with Gasteiger partial charge in [-0.25, -0.2) is 9.13 Å². The first kappa shape index (κ1) is 89.1. The Bertz CT molecular complexity index is 1800. The molecule has 0 bridgehead atoms. The zero-order valence-electron chi connectivity index (χ0n) is 59.5. The SMILES string of the molecule is CC(C)CCCCCCCCCCCCCCCCCCCCC(=O)O[C@H](COC(=O)CCCCCCCCCC(C)C)COP(=O)(O)OCC(O)COP(=O)(O)OC[C@@H](COC(=O)CCCCCCCCCC(C)C)OC(=O)CCCCCCCCCC(C)C. The van der Waals surface area contributed by atoms with E-state index in [1.54, 1.807) is 0 Å². The number of aliphatic hydroxyl groups excluding tert-OH is 1. The Morgan fingerprint density at radius 1 is 0.275 bits per heavy atom. The van der Waals surface area contributed by atoms with Gasteiger partial charge >= 0.3 is 39.5 Å². The lowest BCUT2D eigenvalue weighted by molar-refractivity contribution is -0.161. The van der Waals surface area contributed by atoms with Crippen molar-refractivity contribution in [2.24, 2.45) is 23.7 Å². The average Bonchev–Trinajstić information content (AvgIpc) is 3.66. The van der Waals surface area contributed by atoms with E-state index in [4.69, 9.17) is 37.0 Å². The van der Waals surface area contributed by atoms with Crippen LogP contribution in [0.5, 0.6) is 0 Å². The van der Waals surface area contributed by atoms with Crippen LogP contribution in [-0.2, 0) is 65.4 Å². The van der Waals surface area contributed by atoms with E-state index in [-0.39, 0.29) is 25.7 Å². The zero-order valence-corrected chi connectivity index (χ0v) is 61.3. The number of esters is 4. The molecular formula is C72H140O17P2. The molecule has 3 N–H and O–H groups in total. The van der Waals surface area contributed by atoms with Crippen molar-refractivity contribution in [1.82, 2.24) is 0 Å². The predicted octanol–water partition coefficient (Wildman–Crippen LogP) is 20.5. The number of ether oxygens (including phenoxy) is 4. The number of phosphoric ester groups is 2. The Morgan fingerprint density at radius 3 is 0.681 bits per heavy atom. The van der Waals surface area contributed by atoms with Crippen molar-refractivity contribution in [3.63, 3.8) is 0 Å². The Morgan fingerprint density at radius 2 is 0.462 bits per heavy atom. The Kier molecular flexibility index (Phi) is 60.3. The molecule has 0 saturated heterocycles. The Hall–Kier alpha value is -1.94. The van der Waals surface area contributed by atoms with Crippen molar-refractivity contribution in [3.05, 3.63) is 0 Å². The third-order valence-electron chi connectivity index (χ3n) is 16.6. The molecule has 0 saturated carbocycles. The summed E-state index contributed by atoms with van der Waals surface area (Å²) in [5.41, 5.74) is 0. The lowest BCUT2D eigenvalue weighted by Crippen LogP contribution is -2.30. The van der Waals surface area contributed by atoms with Crippen molar-refractivity contribution in [2.75, 3.05) is 39.6 Å². The van der Waals surface area contributed by atoms with Gasteiger partial charge < -0.3 is 33.8 Å². The Balaban J connectivity index is 5.16. The van der Waals surface area contributed by atoms with Crippen molar-refractivity contribution in [1.29, 1.82) is 0 Å². The Labute approximate surface area is 556 Å². The molecule has 17 nitrogen and oxygen atoms in total. The number of unbranched alkanes of at least 4 members (excludes halogenated alkanes) is 35. The second-order valence-corrected chi connectivity index (χ2v) is 30.8. The van der Waals surface area contributed by atoms with Crippen molar-refractivity contribution in [3.8, 4) is 0 Å². The smallest absolute Gasteiger partial charge is 0.462 e. The van der Waals surface area contributed by atoms with E-state index >= 15 is 0 Å². The molecule has 0 radical (unpaired) electrons. The summed E-state index contributed by atoms with van der Waals surface area (Å²) in [6.45, 7) is 14.0. The fourth-order valence-electron chi connectivity index (χ4n) is 10.8. The molecule has 0 amide bonds. The number of hydrogen-bond acceptors (Lipinski definition) is 15. The minimum Gasteiger partial charge on any atom is -0.462 e. The van der Waals surface area contributed by atoms with Gasteiger partial charge in [0.2, 0.25) is 0 Å². The van der Waals surface area contributed by atoms with Crippen molar-refractivity contribution in [2.45, 2.75) is 375 Å². The molecule has 0 aromatic heterocycles. The molecule has 0 aromatic rings. The molecule has 0 spiro atoms. The molecule has 3 unspecified atom stereocenters. The van der Waals surface area contributed by atoms with E-state index < -0.39 is 97.5 Å². The molecule has 0 aliphatic heterocycles. The van der Waals surface area contributed by atoms with Gasteiger partial charge in [-0.15, -0.1) is 0 Å². The van der Waals surface area contributed by atoms with Crippen LogP contribution in [0.2, 0.25) is 0 Å². The minimum atomic E-state index is -4.95. The summed E-state index contributed by atoms with van der Waals surface area (Å²) in [6.07, 6.45) is 44.9. The first-order valence-corrected chi connectivity index (χ1v) is 40.2. The lowest BCUT2D eigenvalue weighted by atomic mass is 10.0. The topological polar surface area (TPSA) is 237 Å². The van der Waals surface area contributed by atoms with E-state index in [1.165, 1.54) is 148 Å². The normalized spacial score (nSPS) is 14.2. The molecule has 0 heterocycles. The highest BCUT2D eigenvalue weighted by Gasteiger charge is 2.30. The van der Waals surface area contributed by atoms with Crippen molar-refractivity contribution >= 4 is 39.5 Å². The third-order valence-corrected chi connectivity index (χ3v) is 18.5. The van der Waals surface area contributed by atoms with Gasteiger partial charge in [-0.3, -0.25) is 37.3 Å². The largest absolute Gasteiger partial charge is 0.472 e. The first-order chi connectivity index (χ1) is 43.6. The maximum atomic E-state index is 13.0. The summed E-state index contributed by atoms with van der Waals surface area (Å²) in [6, 6.07) is 0. The maximum absolute atomic E-state index is 13.0. The molecule has 19 heteroatoms. The van der Waals surface area contributed by atoms with Crippen LogP contribution in [0.3, 0.4) is 0 Å². The van der Waals surface area contributed by atoms with Gasteiger partial charge in [0, 0.05) is 25.7 Å². The van der Waals surface area contributed by atoms with Gasteiger partial charge in [0.25, 0.3) is 0 Å². The first-order valence-electron chi connectivity index (χ1n) is 37.2. The van der Waals surface area contributed by atoms with Crippen LogP contribution < -0.4 is 0 Å². The monoisotopic (exact) mass is 1340 g/mol. The van der Waals surface area contributed by atoms with Gasteiger partial charge in [-0.05, 0) is 49.4 Å². The van der Waals surface area contributed by atoms with Gasteiger partial charge in [0.05, 0.1) is 26.4 Å². The van der Waals surface area contributed by atoms with E-state index in [2.05, 4.69) is 55.4 Å². The van der Waals surface area contributed by atoms with Crippen LogP contribution in [0.25, 0.3) is 0 Å². The van der Waals surface area contributed by atoms with Crippen LogP contribution in [0.4, 0.5) is 0 Å². The van der Waals surface area contributed by atoms with Gasteiger partial charge in [-0.1, -0.05) is 306 Å². The fraction of sp³-hybridized carbons (Fsp3) is 0.944. The van der Waals surface area contributed by atoms with Crippen LogP contribution in [-0.4, -0.2) is 96.7 Å². The van der Waals surface area contributed by atoms with Crippen LogP contribution >= 0.6 is 15.6 Å².